The molecule has 4 saturated carbocycles. The van der Waals surface area contributed by atoms with Gasteiger partial charge in [0.15, 0.2) is 12.6 Å². The fraction of sp³-hybridized carbons (Fsp3) is 0.917. The monoisotopic (exact) mass is 972 g/mol. The van der Waals surface area contributed by atoms with E-state index in [-0.39, 0.29) is 39.4 Å². The van der Waals surface area contributed by atoms with Crippen LogP contribution in [0.5, 0.6) is 0 Å². The molecular weight excluding hydrogens is 897 g/mol. The Balaban J connectivity index is 1.02. The van der Waals surface area contributed by atoms with E-state index in [0.717, 1.165) is 6.42 Å². The van der Waals surface area contributed by atoms with Crippen molar-refractivity contribution < 1.29 is 99.3 Å². The summed E-state index contributed by atoms with van der Waals surface area (Å²) in [5.74, 6) is -1.97. The summed E-state index contributed by atoms with van der Waals surface area (Å²) in [5, 5.41) is 128. The van der Waals surface area contributed by atoms with E-state index in [1.165, 1.54) is 5.57 Å². The van der Waals surface area contributed by atoms with Gasteiger partial charge in [-0.2, -0.15) is 0 Å². The Morgan fingerprint density at radius 3 is 1.88 bits per heavy atom. The Kier molecular flexibility index (Phi) is 14.3. The first-order valence-corrected chi connectivity index (χ1v) is 24.5. The van der Waals surface area contributed by atoms with Gasteiger partial charge in [0.25, 0.3) is 0 Å². The van der Waals surface area contributed by atoms with Gasteiger partial charge in [0.1, 0.15) is 73.2 Å². The second kappa shape index (κ2) is 18.5. The van der Waals surface area contributed by atoms with Crippen LogP contribution in [0.4, 0.5) is 0 Å². The van der Waals surface area contributed by atoms with Crippen molar-refractivity contribution in [1.29, 1.82) is 0 Å². The van der Waals surface area contributed by atoms with Gasteiger partial charge in [0.2, 0.25) is 6.29 Å². The number of aliphatic hydroxyl groups excluding tert-OH is 11. The fourth-order valence-electron chi connectivity index (χ4n) is 14.8. The summed E-state index contributed by atoms with van der Waals surface area (Å²) in [6.07, 6.45) is -18.7. The van der Waals surface area contributed by atoms with Gasteiger partial charge < -0.3 is 89.7 Å². The maximum Gasteiger partial charge on any atom is 0.315 e. The van der Waals surface area contributed by atoms with Crippen molar-refractivity contribution in [3.05, 3.63) is 11.6 Å². The molecule has 5 aliphatic carbocycles. The van der Waals surface area contributed by atoms with Crippen molar-refractivity contribution in [1.82, 2.24) is 0 Å². The number of carboxylic acid groups (broad SMARTS) is 1. The summed E-state index contributed by atoms with van der Waals surface area (Å²) in [6.45, 7) is 10.7. The molecule has 0 bridgehead atoms. The van der Waals surface area contributed by atoms with Crippen molar-refractivity contribution in [2.75, 3.05) is 19.8 Å². The number of carboxylic acids is 1. The van der Waals surface area contributed by atoms with Crippen molar-refractivity contribution in [2.45, 2.75) is 204 Å². The van der Waals surface area contributed by atoms with E-state index < -0.39 is 141 Å². The maximum atomic E-state index is 15.1. The van der Waals surface area contributed by atoms with E-state index in [0.29, 0.717) is 57.8 Å². The van der Waals surface area contributed by atoms with E-state index in [9.17, 15) is 66.1 Å². The number of allylic oxidation sites excluding steroid dienone is 2. The van der Waals surface area contributed by atoms with Crippen LogP contribution in [0.2, 0.25) is 0 Å². The maximum absolute atomic E-state index is 15.1. The molecule has 0 aromatic rings. The summed E-state index contributed by atoms with van der Waals surface area (Å²) >= 11 is 0. The quantitative estimate of drug-likeness (QED) is 0.0942. The summed E-state index contributed by atoms with van der Waals surface area (Å²) in [6, 6.07) is 0. The van der Waals surface area contributed by atoms with Crippen molar-refractivity contribution in [3.8, 4) is 0 Å². The number of rotatable bonds is 10. The van der Waals surface area contributed by atoms with Gasteiger partial charge in [-0.25, -0.2) is 0 Å². The van der Waals surface area contributed by atoms with E-state index in [1.807, 2.05) is 0 Å². The van der Waals surface area contributed by atoms with Gasteiger partial charge >= 0.3 is 11.9 Å². The highest BCUT2D eigenvalue weighted by Gasteiger charge is 2.71. The number of ether oxygens (including phenoxy) is 6. The lowest BCUT2D eigenvalue weighted by molar-refractivity contribution is -0.363. The number of carbonyl (C=O) groups is 2. The number of aliphatic carboxylic acids is 1. The topological polar surface area (TPSA) is 332 Å². The number of aliphatic hydroxyl groups is 11. The molecule has 3 heterocycles. The van der Waals surface area contributed by atoms with E-state index >= 15 is 4.79 Å². The molecule has 0 aromatic carbocycles. The Morgan fingerprint density at radius 2 is 1.24 bits per heavy atom. The lowest BCUT2D eigenvalue weighted by Gasteiger charge is -2.71. The third kappa shape index (κ3) is 8.03. The number of hydrogen-bond donors (Lipinski definition) is 12. The van der Waals surface area contributed by atoms with Crippen LogP contribution in [-0.2, 0) is 38.0 Å². The molecule has 24 atom stereocenters. The fourth-order valence-corrected chi connectivity index (χ4v) is 14.8. The van der Waals surface area contributed by atoms with Gasteiger partial charge in [0, 0.05) is 0 Å². The predicted molar refractivity (Wildman–Crippen MR) is 232 cm³/mol. The summed E-state index contributed by atoms with van der Waals surface area (Å²) in [5.41, 5.74) is -2.30. The van der Waals surface area contributed by atoms with Crippen LogP contribution >= 0.6 is 0 Å². The molecule has 20 nitrogen and oxygen atoms in total. The highest BCUT2D eigenvalue weighted by molar-refractivity contribution is 5.79. The molecule has 12 N–H and O–H groups in total. The van der Waals surface area contributed by atoms with Gasteiger partial charge in [-0.15, -0.1) is 0 Å². The molecule has 20 heteroatoms. The Morgan fingerprint density at radius 1 is 0.647 bits per heavy atom. The second-order valence-corrected chi connectivity index (χ2v) is 23.3. The zero-order valence-electron chi connectivity index (χ0n) is 39.9. The molecule has 3 saturated heterocycles. The molecule has 0 spiro atoms. The lowest BCUT2D eigenvalue weighted by Crippen LogP contribution is -2.67. The Bertz CT molecular complexity index is 1900. The molecule has 388 valence electrons. The minimum atomic E-state index is -1.99. The van der Waals surface area contributed by atoms with Crippen LogP contribution < -0.4 is 0 Å². The predicted octanol–water partition coefficient (Wildman–Crippen LogP) is -0.795. The zero-order chi connectivity index (χ0) is 49.8. The number of fused-ring (bicyclic) bond motifs is 7. The average molecular weight is 973 g/mol. The molecule has 68 heavy (non-hydrogen) atoms. The third-order valence-electron chi connectivity index (χ3n) is 19.4. The minimum absolute atomic E-state index is 0.121. The highest BCUT2D eigenvalue weighted by atomic mass is 16.8. The van der Waals surface area contributed by atoms with E-state index in [2.05, 4.69) is 40.7 Å². The number of hydrogen-bond acceptors (Lipinski definition) is 19. The van der Waals surface area contributed by atoms with E-state index in [4.69, 9.17) is 28.4 Å². The van der Waals surface area contributed by atoms with Crippen molar-refractivity contribution >= 4 is 11.9 Å². The molecule has 0 amide bonds. The summed E-state index contributed by atoms with van der Waals surface area (Å²) < 4.78 is 34.6. The largest absolute Gasteiger partial charge is 0.481 e. The third-order valence-corrected chi connectivity index (χ3v) is 19.4. The van der Waals surface area contributed by atoms with Gasteiger partial charge in [-0.05, 0) is 111 Å². The van der Waals surface area contributed by atoms with E-state index in [1.54, 1.807) is 6.92 Å². The first-order valence-electron chi connectivity index (χ1n) is 24.5. The first kappa shape index (κ1) is 52.4. The van der Waals surface area contributed by atoms with Crippen LogP contribution in [-0.4, -0.2) is 191 Å². The zero-order valence-corrected chi connectivity index (χ0v) is 39.9. The molecule has 8 aliphatic rings. The van der Waals surface area contributed by atoms with Crippen LogP contribution in [0.25, 0.3) is 0 Å². The summed E-state index contributed by atoms with van der Waals surface area (Å²) in [7, 11) is 0. The molecule has 0 unspecified atom stereocenters. The molecule has 0 radical (unpaired) electrons. The lowest BCUT2D eigenvalue weighted by atomic mass is 9.33. The highest BCUT2D eigenvalue weighted by Crippen LogP contribution is 2.76. The number of carbonyl (C=O) groups excluding carboxylic acids is 1. The minimum Gasteiger partial charge on any atom is -0.481 e. The van der Waals surface area contributed by atoms with Crippen LogP contribution in [0, 0.1) is 50.2 Å². The van der Waals surface area contributed by atoms with Crippen molar-refractivity contribution in [3.63, 3.8) is 0 Å². The van der Waals surface area contributed by atoms with Gasteiger partial charge in [-0.3, -0.25) is 9.59 Å². The Hall–Kier alpha value is -1.96. The Labute approximate surface area is 396 Å². The average Bonchev–Trinajstić information content (AvgIpc) is 3.29. The van der Waals surface area contributed by atoms with Crippen LogP contribution in [0.15, 0.2) is 11.6 Å². The molecule has 7 fully saturated rings. The molecule has 8 rings (SSSR count). The SMILES string of the molecule is CC1(C)CC[C@@]2(C(=O)O[C@H]3O[C@@H](CO)[C@H](O)[C@@H](O[C@H]4O[C@@H](CO[C@H]5O[C@@H](CO)[C@H](O)[C@@H](O)[C@@H]5O)[C@H](O)[C@@H](O)[C@@H]4O)[C@@H]3O)CC[C@]3(C)C(=CC[C@@H]4[C@@]5(C)CC[C@@H](O)[C@](C)(C(=O)O)[C@@H]5CC[C@]43C)[C@H]2C1. The number of esters is 1. The molecular formula is C48H76O20. The van der Waals surface area contributed by atoms with Crippen LogP contribution in [0.3, 0.4) is 0 Å². The summed E-state index contributed by atoms with van der Waals surface area (Å²) in [4.78, 5) is 28.0. The standard InChI is InChI=1S/C48H76O20/c1-43(2)13-15-48(16-14-45(4)21(22(48)17-43)7-8-26-44(3)11-10-28(51)47(6,41(60)61)27(44)9-12-46(26,45)5)42(62)68-40-36(59)37(31(54)24(19-50)65-40)67-39-35(58)33(56)30(53)25(66-39)20-63-38-34(57)32(55)29(52)23(18-49)64-38/h7,22-40,49-59H,8-20H2,1-6H3,(H,60,61)/t22-,23+,24+,25+,26-,27-,28-,29+,30+,31+,32-,33-,34+,35+,36+,37-,38+,39-,40-,44-,45-,46-,47-,48-/m1/s1. The van der Waals surface area contributed by atoms with Gasteiger partial charge in [0.05, 0.1) is 36.8 Å². The van der Waals surface area contributed by atoms with Gasteiger partial charge in [-0.1, -0.05) is 46.3 Å². The second-order valence-electron chi connectivity index (χ2n) is 23.3. The normalized spacial score (nSPS) is 53.4. The first-order chi connectivity index (χ1) is 31.8. The molecule has 3 aliphatic heterocycles. The van der Waals surface area contributed by atoms with Crippen LogP contribution in [0.1, 0.15) is 106 Å². The molecule has 0 aromatic heterocycles. The smallest absolute Gasteiger partial charge is 0.315 e. The van der Waals surface area contributed by atoms with Crippen molar-refractivity contribution in [2.24, 2.45) is 50.2 Å².